The van der Waals surface area contributed by atoms with Crippen molar-refractivity contribution in [3.63, 3.8) is 0 Å². The topological polar surface area (TPSA) is 52.7 Å². The lowest BCUT2D eigenvalue weighted by Crippen LogP contribution is -2.41. The largest absolute Gasteiger partial charge is 0.309 e. The molecule has 2 aliphatic rings. The first kappa shape index (κ1) is 15.0. The van der Waals surface area contributed by atoms with Gasteiger partial charge in [0.1, 0.15) is 0 Å². The Hall–Kier alpha value is -0.950. The van der Waals surface area contributed by atoms with E-state index in [2.05, 4.69) is 10.2 Å². The molecule has 0 bridgehead atoms. The normalized spacial score (nSPS) is 24.8. The summed E-state index contributed by atoms with van der Waals surface area (Å²) in [5.41, 5.74) is 2.31. The van der Waals surface area contributed by atoms with Gasteiger partial charge in [-0.1, -0.05) is 6.07 Å². The van der Waals surface area contributed by atoms with Crippen molar-refractivity contribution in [1.29, 1.82) is 0 Å². The third-order valence-electron chi connectivity index (χ3n) is 4.40. The summed E-state index contributed by atoms with van der Waals surface area (Å²) in [5.74, 6) is 0. The first-order valence-electron chi connectivity index (χ1n) is 7.51. The number of likely N-dealkylation sites (N-methyl/N-ethyl adjacent to an activating group) is 1. The summed E-state index contributed by atoms with van der Waals surface area (Å²) >= 11 is 0. The lowest BCUT2D eigenvalue weighted by molar-refractivity contribution is 0.290. The summed E-state index contributed by atoms with van der Waals surface area (Å²) in [6, 6.07) is 5.54. The van der Waals surface area contributed by atoms with Crippen LogP contribution in [0.2, 0.25) is 0 Å². The van der Waals surface area contributed by atoms with E-state index in [0.29, 0.717) is 11.4 Å². The highest BCUT2D eigenvalue weighted by Crippen LogP contribution is 2.25. The van der Waals surface area contributed by atoms with Gasteiger partial charge in [-0.25, -0.2) is 8.42 Å². The molecule has 2 aliphatic heterocycles. The Labute approximate surface area is 127 Å². The van der Waals surface area contributed by atoms with Crippen molar-refractivity contribution in [3.05, 3.63) is 29.3 Å². The second-order valence-electron chi connectivity index (χ2n) is 6.11. The molecular weight excluding hydrogens is 286 g/mol. The molecule has 3 rings (SSSR count). The lowest BCUT2D eigenvalue weighted by atomic mass is 10.1. The summed E-state index contributed by atoms with van der Waals surface area (Å²) in [6.07, 6.45) is 0.882. The van der Waals surface area contributed by atoms with Gasteiger partial charge in [0.2, 0.25) is 10.0 Å². The maximum absolute atomic E-state index is 12.9. The van der Waals surface area contributed by atoms with E-state index in [-0.39, 0.29) is 6.04 Å². The molecule has 1 unspecified atom stereocenters. The molecule has 5 nitrogen and oxygen atoms in total. The molecule has 2 heterocycles. The number of hydrogen-bond acceptors (Lipinski definition) is 4. The van der Waals surface area contributed by atoms with Crippen LogP contribution >= 0.6 is 0 Å². The minimum absolute atomic E-state index is 0.00822. The van der Waals surface area contributed by atoms with E-state index >= 15 is 0 Å². The van der Waals surface area contributed by atoms with Crippen LogP contribution in [0.25, 0.3) is 0 Å². The van der Waals surface area contributed by atoms with Crippen LogP contribution in [-0.4, -0.2) is 50.3 Å². The van der Waals surface area contributed by atoms with Crippen LogP contribution in [-0.2, 0) is 23.1 Å². The predicted molar refractivity (Wildman–Crippen MR) is 82.5 cm³/mol. The van der Waals surface area contributed by atoms with E-state index in [1.807, 2.05) is 26.1 Å². The molecule has 1 atom stereocenters. The van der Waals surface area contributed by atoms with E-state index in [1.165, 1.54) is 5.56 Å². The van der Waals surface area contributed by atoms with E-state index in [4.69, 9.17) is 0 Å². The molecule has 0 radical (unpaired) electrons. The zero-order valence-electron chi connectivity index (χ0n) is 12.7. The Balaban J connectivity index is 1.92. The van der Waals surface area contributed by atoms with Gasteiger partial charge in [-0.2, -0.15) is 4.31 Å². The summed E-state index contributed by atoms with van der Waals surface area (Å²) < 4.78 is 27.6. The van der Waals surface area contributed by atoms with Gasteiger partial charge in [-0.15, -0.1) is 0 Å². The molecule has 0 aliphatic carbocycles. The fourth-order valence-corrected chi connectivity index (χ4v) is 4.99. The Morgan fingerprint density at radius 1 is 1.19 bits per heavy atom. The zero-order valence-corrected chi connectivity index (χ0v) is 13.5. The van der Waals surface area contributed by atoms with Crippen LogP contribution < -0.4 is 5.32 Å². The SMILES string of the molecule is CC1CN(C)CCCN1S(=O)(=O)c1ccc2c(c1)CNC2. The molecule has 116 valence electrons. The Bertz CT molecular complexity index is 630. The number of benzene rings is 1. The number of sulfonamides is 1. The summed E-state index contributed by atoms with van der Waals surface area (Å²) in [5, 5.41) is 3.26. The smallest absolute Gasteiger partial charge is 0.243 e. The number of nitrogens with zero attached hydrogens (tertiary/aromatic N) is 2. The van der Waals surface area contributed by atoms with E-state index in [1.54, 1.807) is 10.4 Å². The van der Waals surface area contributed by atoms with Crippen molar-refractivity contribution in [2.45, 2.75) is 37.4 Å². The maximum atomic E-state index is 12.9. The number of fused-ring (bicyclic) bond motifs is 1. The minimum atomic E-state index is -3.40. The summed E-state index contributed by atoms with van der Waals surface area (Å²) in [7, 11) is -1.35. The zero-order chi connectivity index (χ0) is 15.0. The molecule has 0 aromatic heterocycles. The summed E-state index contributed by atoms with van der Waals surface area (Å²) in [6.45, 7) is 5.92. The molecule has 1 aromatic rings. The molecule has 0 amide bonds. The predicted octanol–water partition coefficient (Wildman–Crippen LogP) is 1.00. The number of hydrogen-bond donors (Lipinski definition) is 1. The minimum Gasteiger partial charge on any atom is -0.309 e. The van der Waals surface area contributed by atoms with Crippen LogP contribution in [0, 0.1) is 0 Å². The average molecular weight is 309 g/mol. The molecule has 1 fully saturated rings. The maximum Gasteiger partial charge on any atom is 0.243 e. The number of nitrogens with one attached hydrogen (secondary N) is 1. The van der Waals surface area contributed by atoms with Gasteiger partial charge in [0.15, 0.2) is 0 Å². The van der Waals surface area contributed by atoms with Gasteiger partial charge in [0, 0.05) is 32.2 Å². The van der Waals surface area contributed by atoms with Crippen molar-refractivity contribution in [2.24, 2.45) is 0 Å². The van der Waals surface area contributed by atoms with Crippen LogP contribution in [0.3, 0.4) is 0 Å². The van der Waals surface area contributed by atoms with Crippen LogP contribution in [0.5, 0.6) is 0 Å². The van der Waals surface area contributed by atoms with Gasteiger partial charge >= 0.3 is 0 Å². The van der Waals surface area contributed by atoms with Gasteiger partial charge < -0.3 is 10.2 Å². The molecule has 1 N–H and O–H groups in total. The van der Waals surface area contributed by atoms with Gasteiger partial charge in [0.25, 0.3) is 0 Å². The molecule has 1 saturated heterocycles. The second-order valence-corrected chi connectivity index (χ2v) is 8.01. The summed E-state index contributed by atoms with van der Waals surface area (Å²) in [4.78, 5) is 2.63. The first-order valence-corrected chi connectivity index (χ1v) is 8.95. The van der Waals surface area contributed by atoms with Crippen LogP contribution in [0.4, 0.5) is 0 Å². The third kappa shape index (κ3) is 2.85. The van der Waals surface area contributed by atoms with Crippen molar-refractivity contribution < 1.29 is 8.42 Å². The first-order chi connectivity index (χ1) is 9.98. The lowest BCUT2D eigenvalue weighted by Gasteiger charge is -2.27. The van der Waals surface area contributed by atoms with E-state index < -0.39 is 10.0 Å². The van der Waals surface area contributed by atoms with Crippen molar-refractivity contribution in [1.82, 2.24) is 14.5 Å². The van der Waals surface area contributed by atoms with Crippen molar-refractivity contribution in [2.75, 3.05) is 26.7 Å². The average Bonchev–Trinajstić information content (AvgIpc) is 2.83. The van der Waals surface area contributed by atoms with Crippen LogP contribution in [0.15, 0.2) is 23.1 Å². The van der Waals surface area contributed by atoms with Gasteiger partial charge in [-0.3, -0.25) is 0 Å². The molecule has 6 heteroatoms. The van der Waals surface area contributed by atoms with E-state index in [0.717, 1.165) is 38.2 Å². The van der Waals surface area contributed by atoms with Crippen LogP contribution in [0.1, 0.15) is 24.5 Å². The standard InChI is InChI=1S/C15H23N3O2S/c1-12-11-17(2)6-3-7-18(12)21(19,20)15-5-4-13-9-16-10-14(13)8-15/h4-5,8,12,16H,3,6-7,9-11H2,1-2H3. The molecule has 0 saturated carbocycles. The van der Waals surface area contributed by atoms with Crippen molar-refractivity contribution in [3.8, 4) is 0 Å². The fourth-order valence-electron chi connectivity index (χ4n) is 3.27. The number of rotatable bonds is 2. The second kappa shape index (κ2) is 5.68. The molecule has 1 aromatic carbocycles. The Kier molecular flexibility index (Phi) is 4.05. The fraction of sp³-hybridized carbons (Fsp3) is 0.600. The molecular formula is C15H23N3O2S. The molecule has 0 spiro atoms. The van der Waals surface area contributed by atoms with Gasteiger partial charge in [-0.05, 0) is 50.2 Å². The van der Waals surface area contributed by atoms with E-state index in [9.17, 15) is 8.42 Å². The highest BCUT2D eigenvalue weighted by atomic mass is 32.2. The third-order valence-corrected chi connectivity index (χ3v) is 6.41. The monoisotopic (exact) mass is 309 g/mol. The van der Waals surface area contributed by atoms with Gasteiger partial charge in [0.05, 0.1) is 4.90 Å². The highest BCUT2D eigenvalue weighted by Gasteiger charge is 2.31. The molecule has 21 heavy (non-hydrogen) atoms. The quantitative estimate of drug-likeness (QED) is 0.886. The highest BCUT2D eigenvalue weighted by molar-refractivity contribution is 7.89. The Morgan fingerprint density at radius 2 is 1.95 bits per heavy atom. The van der Waals surface area contributed by atoms with Crippen molar-refractivity contribution >= 4 is 10.0 Å². The Morgan fingerprint density at radius 3 is 2.76 bits per heavy atom.